The van der Waals surface area contributed by atoms with Gasteiger partial charge in [0.2, 0.25) is 0 Å². The Morgan fingerprint density at radius 1 is 1.00 bits per heavy atom. The van der Waals surface area contributed by atoms with Gasteiger partial charge in [0.15, 0.2) is 0 Å². The van der Waals surface area contributed by atoms with Gasteiger partial charge < -0.3 is 5.32 Å². The largest absolute Gasteiger partial charge is 0.348 e. The second kappa shape index (κ2) is 8.39. The van der Waals surface area contributed by atoms with Crippen LogP contribution in [0.3, 0.4) is 0 Å². The summed E-state index contributed by atoms with van der Waals surface area (Å²) in [6.07, 6.45) is 5.07. The molecule has 0 spiro atoms. The predicted octanol–water partition coefficient (Wildman–Crippen LogP) is 3.07. The Balaban J connectivity index is 1.32. The molecule has 1 heterocycles. The summed E-state index contributed by atoms with van der Waals surface area (Å²) in [6.45, 7) is 1.97. The third-order valence-electron chi connectivity index (χ3n) is 5.26. The minimum Gasteiger partial charge on any atom is -0.348 e. The van der Waals surface area contributed by atoms with E-state index in [-0.39, 0.29) is 11.9 Å². The van der Waals surface area contributed by atoms with E-state index in [1.165, 1.54) is 18.9 Å². The van der Waals surface area contributed by atoms with Gasteiger partial charge in [0, 0.05) is 36.4 Å². The molecule has 2 aromatic rings. The molecule has 1 unspecified atom stereocenters. The molecular formula is C22H25N3O3S. The first-order valence-electron chi connectivity index (χ1n) is 9.89. The number of amides is 1. The van der Waals surface area contributed by atoms with E-state index in [9.17, 15) is 13.2 Å². The van der Waals surface area contributed by atoms with Crippen molar-refractivity contribution in [3.05, 3.63) is 71.1 Å². The molecule has 1 saturated heterocycles. The van der Waals surface area contributed by atoms with Crippen molar-refractivity contribution >= 4 is 27.7 Å². The molecule has 1 aliphatic carbocycles. The number of rotatable bonds is 7. The Kier molecular flexibility index (Phi) is 5.69. The topological polar surface area (TPSA) is 78.5 Å². The summed E-state index contributed by atoms with van der Waals surface area (Å²) < 4.78 is 27.0. The van der Waals surface area contributed by atoms with Crippen molar-refractivity contribution in [3.63, 3.8) is 0 Å². The maximum Gasteiger partial charge on any atom is 0.255 e. The molecule has 0 bridgehead atoms. The molecule has 1 saturated carbocycles. The highest BCUT2D eigenvalue weighted by molar-refractivity contribution is 7.95. The Morgan fingerprint density at radius 3 is 2.41 bits per heavy atom. The molecule has 1 aliphatic heterocycles. The lowest BCUT2D eigenvalue weighted by Gasteiger charge is -2.16. The summed E-state index contributed by atoms with van der Waals surface area (Å²) in [7, 11) is -3.63. The molecule has 0 radical (unpaired) electrons. The minimum absolute atomic E-state index is 0.119. The lowest BCUT2D eigenvalue weighted by atomic mass is 10.1. The number of hydrogen-bond acceptors (Lipinski definition) is 4. The van der Waals surface area contributed by atoms with Gasteiger partial charge in [0.05, 0.1) is 5.41 Å². The van der Waals surface area contributed by atoms with Gasteiger partial charge in [-0.1, -0.05) is 30.3 Å². The number of carbonyl (C=O) groups excluding carboxylic acids is 1. The fourth-order valence-corrected chi connectivity index (χ4v) is 4.43. The second-order valence-corrected chi connectivity index (χ2v) is 9.19. The Morgan fingerprint density at radius 2 is 1.72 bits per heavy atom. The van der Waals surface area contributed by atoms with E-state index in [2.05, 4.69) is 14.9 Å². The van der Waals surface area contributed by atoms with Crippen molar-refractivity contribution < 1.29 is 13.2 Å². The lowest BCUT2D eigenvalue weighted by molar-refractivity contribution is 0.0937. The molecular weight excluding hydrogens is 386 g/mol. The van der Waals surface area contributed by atoms with Gasteiger partial charge in [0.1, 0.15) is 0 Å². The van der Waals surface area contributed by atoms with Gasteiger partial charge in [-0.3, -0.25) is 14.4 Å². The number of anilines is 1. The normalized spacial score (nSPS) is 20.1. The number of nitrogens with zero attached hydrogens (tertiary/aromatic N) is 1. The van der Waals surface area contributed by atoms with Crippen LogP contribution in [-0.2, 0) is 10.0 Å². The molecule has 2 aromatic carbocycles. The quantitative estimate of drug-likeness (QED) is 0.734. The molecule has 2 aliphatic rings. The van der Waals surface area contributed by atoms with E-state index in [0.717, 1.165) is 36.5 Å². The smallest absolute Gasteiger partial charge is 0.255 e. The highest BCUT2D eigenvalue weighted by Crippen LogP contribution is 2.29. The first-order valence-corrected chi connectivity index (χ1v) is 11.4. The average molecular weight is 412 g/mol. The maximum absolute atomic E-state index is 12.5. The monoisotopic (exact) mass is 411 g/mol. The van der Waals surface area contributed by atoms with Crippen LogP contribution in [0.5, 0.6) is 0 Å². The molecule has 152 valence electrons. The van der Waals surface area contributed by atoms with Crippen molar-refractivity contribution in [2.24, 2.45) is 0 Å². The summed E-state index contributed by atoms with van der Waals surface area (Å²) in [5, 5.41) is 4.22. The van der Waals surface area contributed by atoms with Crippen molar-refractivity contribution in [1.29, 1.82) is 0 Å². The molecule has 1 amide bonds. The van der Waals surface area contributed by atoms with Crippen LogP contribution in [0.2, 0.25) is 0 Å². The van der Waals surface area contributed by atoms with Gasteiger partial charge in [-0.25, -0.2) is 8.42 Å². The maximum atomic E-state index is 12.5. The lowest BCUT2D eigenvalue weighted by Crippen LogP contribution is -2.37. The van der Waals surface area contributed by atoms with E-state index >= 15 is 0 Å². The number of nitrogens with one attached hydrogen (secondary N) is 2. The molecule has 2 N–H and O–H groups in total. The van der Waals surface area contributed by atoms with Gasteiger partial charge in [-0.05, 0) is 55.2 Å². The zero-order valence-corrected chi connectivity index (χ0v) is 16.9. The van der Waals surface area contributed by atoms with Crippen molar-refractivity contribution in [2.75, 3.05) is 17.8 Å². The summed E-state index contributed by atoms with van der Waals surface area (Å²) in [5.41, 5.74) is 1.75. The fourth-order valence-electron chi connectivity index (χ4n) is 3.57. The van der Waals surface area contributed by atoms with Gasteiger partial charge in [-0.15, -0.1) is 0 Å². The highest BCUT2D eigenvalue weighted by Gasteiger charge is 2.34. The predicted molar refractivity (Wildman–Crippen MR) is 115 cm³/mol. The summed E-state index contributed by atoms with van der Waals surface area (Å²) in [4.78, 5) is 14.9. The SMILES string of the molecule is O=C(NC1CCN(C2CC2)C1)c1ccc(NS(=O)(=O)/C=C/c2ccccc2)cc1. The zero-order chi connectivity index (χ0) is 20.3. The number of hydrogen-bond donors (Lipinski definition) is 2. The number of benzene rings is 2. The molecule has 1 atom stereocenters. The van der Waals surface area contributed by atoms with E-state index in [4.69, 9.17) is 0 Å². The van der Waals surface area contributed by atoms with Gasteiger partial charge >= 0.3 is 0 Å². The molecule has 6 nitrogen and oxygen atoms in total. The van der Waals surface area contributed by atoms with Crippen molar-refractivity contribution in [1.82, 2.24) is 10.2 Å². The van der Waals surface area contributed by atoms with Crippen LogP contribution in [0.4, 0.5) is 5.69 Å². The van der Waals surface area contributed by atoms with Crippen molar-refractivity contribution in [3.8, 4) is 0 Å². The minimum atomic E-state index is -3.63. The first-order chi connectivity index (χ1) is 14.0. The Labute approximate surface area is 171 Å². The molecule has 4 rings (SSSR count). The van der Waals surface area contributed by atoms with Crippen LogP contribution >= 0.6 is 0 Å². The summed E-state index contributed by atoms with van der Waals surface area (Å²) in [6, 6.07) is 16.6. The molecule has 0 aromatic heterocycles. The zero-order valence-electron chi connectivity index (χ0n) is 16.1. The van der Waals surface area contributed by atoms with Crippen LogP contribution in [0.1, 0.15) is 35.2 Å². The highest BCUT2D eigenvalue weighted by atomic mass is 32.2. The van der Waals surface area contributed by atoms with Crippen LogP contribution in [-0.4, -0.2) is 44.4 Å². The Bertz CT molecular complexity index is 984. The van der Waals surface area contributed by atoms with E-state index in [0.29, 0.717) is 11.3 Å². The number of likely N-dealkylation sites (tertiary alicyclic amines) is 1. The van der Waals surface area contributed by atoms with Crippen LogP contribution < -0.4 is 10.0 Å². The van der Waals surface area contributed by atoms with Crippen LogP contribution in [0.25, 0.3) is 6.08 Å². The second-order valence-electron chi connectivity index (χ2n) is 7.62. The number of carbonyl (C=O) groups is 1. The third kappa shape index (κ3) is 5.46. The standard InChI is InChI=1S/C22H25N3O3S/c26-22(23-20-12-14-25(16-20)21-10-11-21)18-6-8-19(9-7-18)24-29(27,28)15-13-17-4-2-1-3-5-17/h1-9,13,15,20-21,24H,10-12,14,16H2,(H,23,26)/b15-13+. The summed E-state index contributed by atoms with van der Waals surface area (Å²) in [5.74, 6) is -0.119. The molecule has 29 heavy (non-hydrogen) atoms. The first kappa shape index (κ1) is 19.7. The van der Waals surface area contributed by atoms with E-state index in [1.807, 2.05) is 30.3 Å². The van der Waals surface area contributed by atoms with E-state index < -0.39 is 10.0 Å². The van der Waals surface area contributed by atoms with Crippen molar-refractivity contribution in [2.45, 2.75) is 31.3 Å². The van der Waals surface area contributed by atoms with E-state index in [1.54, 1.807) is 24.3 Å². The number of sulfonamides is 1. The fraction of sp³-hybridized carbons (Fsp3) is 0.318. The Hall–Kier alpha value is -2.64. The summed E-state index contributed by atoms with van der Waals surface area (Å²) >= 11 is 0. The van der Waals surface area contributed by atoms with Crippen LogP contribution in [0.15, 0.2) is 60.0 Å². The average Bonchev–Trinajstić information content (AvgIpc) is 3.47. The third-order valence-corrected chi connectivity index (χ3v) is 6.28. The van der Waals surface area contributed by atoms with Gasteiger partial charge in [0.25, 0.3) is 15.9 Å². The van der Waals surface area contributed by atoms with Gasteiger partial charge in [-0.2, -0.15) is 0 Å². The molecule has 7 heteroatoms. The molecule has 2 fully saturated rings. The van der Waals surface area contributed by atoms with Crippen LogP contribution in [0, 0.1) is 0 Å².